The molecule has 0 bridgehead atoms. The lowest BCUT2D eigenvalue weighted by atomic mass is 10.2. The van der Waals surface area contributed by atoms with E-state index in [9.17, 15) is 0 Å². The van der Waals surface area contributed by atoms with Crippen LogP contribution < -0.4 is 0 Å². The lowest BCUT2D eigenvalue weighted by Gasteiger charge is -2.02. The monoisotopic (exact) mass is 464 g/mol. The fourth-order valence-electron chi connectivity index (χ4n) is 2.43. The van der Waals surface area contributed by atoms with Crippen LogP contribution in [0, 0.1) is 27.7 Å². The molecular formula is C28H29ClS2. The zero-order chi connectivity index (χ0) is 22.6. The maximum atomic E-state index is 5.61. The van der Waals surface area contributed by atoms with Crippen molar-refractivity contribution in [3.05, 3.63) is 124 Å². The molecule has 4 rings (SSSR count). The summed E-state index contributed by atoms with van der Waals surface area (Å²) in [7, 11) is 0. The molecule has 0 fully saturated rings. The topological polar surface area (TPSA) is 0 Å². The Bertz CT molecular complexity index is 891. The van der Waals surface area contributed by atoms with Crippen molar-refractivity contribution in [1.29, 1.82) is 0 Å². The van der Waals surface area contributed by atoms with Crippen LogP contribution in [0.3, 0.4) is 0 Å². The minimum Gasteiger partial charge on any atom is -0.143 e. The first-order valence-corrected chi connectivity index (χ1v) is 11.7. The van der Waals surface area contributed by atoms with Crippen LogP contribution in [0.15, 0.2) is 112 Å². The smallest absolute Gasteiger partial charge is 0.0406 e. The van der Waals surface area contributed by atoms with Gasteiger partial charge in [-0.2, -0.15) is 0 Å². The SMILES string of the molecule is Cc1ccc(Cl)cc1.Cc1ccc(S)cc1.Cc1ccc(Sc2ccc(C)cc2)cc1. The summed E-state index contributed by atoms with van der Waals surface area (Å²) in [5.74, 6) is 0. The van der Waals surface area contributed by atoms with E-state index in [0.29, 0.717) is 0 Å². The van der Waals surface area contributed by atoms with Crippen LogP contribution in [0.5, 0.6) is 0 Å². The third kappa shape index (κ3) is 10.6. The molecule has 4 aromatic carbocycles. The van der Waals surface area contributed by atoms with E-state index in [2.05, 4.69) is 81.9 Å². The van der Waals surface area contributed by atoms with E-state index in [4.69, 9.17) is 11.6 Å². The zero-order valence-electron chi connectivity index (χ0n) is 18.5. The molecule has 0 aliphatic carbocycles. The minimum absolute atomic E-state index is 0.801. The van der Waals surface area contributed by atoms with Gasteiger partial charge in [0.25, 0.3) is 0 Å². The molecule has 160 valence electrons. The van der Waals surface area contributed by atoms with Gasteiger partial charge in [0, 0.05) is 19.7 Å². The van der Waals surface area contributed by atoms with E-state index < -0.39 is 0 Å². The molecule has 3 heteroatoms. The highest BCUT2D eigenvalue weighted by atomic mass is 35.5. The van der Waals surface area contributed by atoms with Crippen LogP contribution in [0.4, 0.5) is 0 Å². The Kier molecular flexibility index (Phi) is 10.8. The van der Waals surface area contributed by atoms with Crippen LogP contribution in [-0.2, 0) is 0 Å². The number of hydrogen-bond donors (Lipinski definition) is 1. The molecule has 0 heterocycles. The van der Waals surface area contributed by atoms with Gasteiger partial charge >= 0.3 is 0 Å². The van der Waals surface area contributed by atoms with Gasteiger partial charge in [0.05, 0.1) is 0 Å². The van der Waals surface area contributed by atoms with Crippen LogP contribution in [0.25, 0.3) is 0 Å². The van der Waals surface area contributed by atoms with E-state index in [-0.39, 0.29) is 0 Å². The van der Waals surface area contributed by atoms with Crippen molar-refractivity contribution >= 4 is 36.0 Å². The molecule has 4 aromatic rings. The maximum absolute atomic E-state index is 5.61. The highest BCUT2D eigenvalue weighted by Gasteiger charge is 1.96. The average molecular weight is 465 g/mol. The third-order valence-corrected chi connectivity index (χ3v) is 5.89. The molecule has 0 unspecified atom stereocenters. The van der Waals surface area contributed by atoms with E-state index in [1.165, 1.54) is 32.0 Å². The molecular weight excluding hydrogens is 436 g/mol. The molecule has 0 radical (unpaired) electrons. The minimum atomic E-state index is 0.801. The fraction of sp³-hybridized carbons (Fsp3) is 0.143. The lowest BCUT2D eigenvalue weighted by Crippen LogP contribution is -1.76. The van der Waals surface area contributed by atoms with Gasteiger partial charge in [-0.1, -0.05) is 94.1 Å². The van der Waals surface area contributed by atoms with Crippen LogP contribution in [0.1, 0.15) is 22.3 Å². The molecule has 0 atom stereocenters. The normalized spacial score (nSPS) is 9.74. The Labute approximate surface area is 202 Å². The summed E-state index contributed by atoms with van der Waals surface area (Å²) in [4.78, 5) is 3.62. The first-order chi connectivity index (χ1) is 14.8. The average Bonchev–Trinajstić information content (AvgIpc) is 2.76. The quantitative estimate of drug-likeness (QED) is 0.288. The number of hydrogen-bond acceptors (Lipinski definition) is 2. The third-order valence-electron chi connectivity index (χ3n) is 4.32. The van der Waals surface area contributed by atoms with Crippen molar-refractivity contribution in [2.45, 2.75) is 42.4 Å². The summed E-state index contributed by atoms with van der Waals surface area (Å²) >= 11 is 11.5. The van der Waals surface area contributed by atoms with E-state index >= 15 is 0 Å². The van der Waals surface area contributed by atoms with Gasteiger partial charge in [0.2, 0.25) is 0 Å². The summed E-state index contributed by atoms with van der Waals surface area (Å²) < 4.78 is 0. The molecule has 0 aliphatic heterocycles. The summed E-state index contributed by atoms with van der Waals surface area (Å²) in [5.41, 5.74) is 5.14. The van der Waals surface area contributed by atoms with E-state index in [1.807, 2.05) is 55.5 Å². The van der Waals surface area contributed by atoms with Crippen molar-refractivity contribution in [3.8, 4) is 0 Å². The molecule has 0 amide bonds. The molecule has 31 heavy (non-hydrogen) atoms. The highest BCUT2D eigenvalue weighted by Crippen LogP contribution is 2.27. The first-order valence-electron chi connectivity index (χ1n) is 10.1. The van der Waals surface area contributed by atoms with Gasteiger partial charge in [-0.15, -0.1) is 12.6 Å². The molecule has 0 nitrogen and oxygen atoms in total. The predicted octanol–water partition coefficient (Wildman–Crippen LogP) is 9.39. The number of rotatable bonds is 2. The van der Waals surface area contributed by atoms with Gasteiger partial charge < -0.3 is 0 Å². The summed E-state index contributed by atoms with van der Waals surface area (Å²) in [6.07, 6.45) is 0. The predicted molar refractivity (Wildman–Crippen MR) is 141 cm³/mol. The van der Waals surface area contributed by atoms with Crippen LogP contribution in [-0.4, -0.2) is 0 Å². The van der Waals surface area contributed by atoms with Gasteiger partial charge in [0.15, 0.2) is 0 Å². The van der Waals surface area contributed by atoms with Crippen molar-refractivity contribution in [2.75, 3.05) is 0 Å². The van der Waals surface area contributed by atoms with Gasteiger partial charge in [0.1, 0.15) is 0 Å². The maximum Gasteiger partial charge on any atom is 0.0406 e. The Morgan fingerprint density at radius 3 is 1.06 bits per heavy atom. The van der Waals surface area contributed by atoms with Crippen molar-refractivity contribution in [3.63, 3.8) is 0 Å². The Hall–Kier alpha value is -2.13. The second-order valence-electron chi connectivity index (χ2n) is 7.36. The Morgan fingerprint density at radius 2 is 0.774 bits per heavy atom. The second-order valence-corrected chi connectivity index (χ2v) is 9.46. The summed E-state index contributed by atoms with van der Waals surface area (Å²) in [6, 6.07) is 33.1. The second kappa shape index (κ2) is 13.3. The molecule has 0 aliphatic rings. The van der Waals surface area contributed by atoms with Crippen LogP contribution in [0.2, 0.25) is 5.02 Å². The van der Waals surface area contributed by atoms with E-state index in [1.54, 1.807) is 11.8 Å². The largest absolute Gasteiger partial charge is 0.143 e. The number of halogens is 1. The van der Waals surface area contributed by atoms with Crippen LogP contribution >= 0.6 is 36.0 Å². The van der Waals surface area contributed by atoms with Gasteiger partial charge in [-0.25, -0.2) is 0 Å². The first kappa shape index (κ1) is 25.1. The summed E-state index contributed by atoms with van der Waals surface area (Å²) in [6.45, 7) is 8.32. The highest BCUT2D eigenvalue weighted by molar-refractivity contribution is 7.99. The van der Waals surface area contributed by atoms with Crippen molar-refractivity contribution in [2.24, 2.45) is 0 Å². The van der Waals surface area contributed by atoms with Crippen molar-refractivity contribution in [1.82, 2.24) is 0 Å². The molecule has 0 aromatic heterocycles. The van der Waals surface area contributed by atoms with Gasteiger partial charge in [-0.3, -0.25) is 0 Å². The molecule has 0 N–H and O–H groups in total. The van der Waals surface area contributed by atoms with E-state index in [0.717, 1.165) is 9.92 Å². The molecule has 0 saturated heterocycles. The standard InChI is InChI=1S/C14H14S.C7H7Cl.C7H8S/c1-11-3-7-13(8-4-11)15-14-9-5-12(2)6-10-14;2*1-6-2-4-7(8)5-3-6/h3-10H,1-2H3;2-5H,1H3;2-5,8H,1H3. The lowest BCUT2D eigenvalue weighted by molar-refractivity contribution is 1.34. The Balaban J connectivity index is 0.000000181. The molecule has 0 saturated carbocycles. The fourth-order valence-corrected chi connectivity index (χ4v) is 3.52. The molecule has 0 spiro atoms. The summed E-state index contributed by atoms with van der Waals surface area (Å²) in [5, 5.41) is 0.801. The van der Waals surface area contributed by atoms with Crippen molar-refractivity contribution < 1.29 is 0 Å². The number of thiol groups is 1. The van der Waals surface area contributed by atoms with Gasteiger partial charge in [-0.05, 0) is 76.2 Å². The number of benzene rings is 4. The number of aryl methyl sites for hydroxylation is 4. The zero-order valence-corrected chi connectivity index (χ0v) is 20.9. The Morgan fingerprint density at radius 1 is 0.484 bits per heavy atom.